The highest BCUT2D eigenvalue weighted by Crippen LogP contribution is 2.41. The largest absolute Gasteiger partial charge is 0.493 e. The van der Waals surface area contributed by atoms with Crippen LogP contribution in [0.1, 0.15) is 53.9 Å². The van der Waals surface area contributed by atoms with E-state index in [4.69, 9.17) is 19.4 Å². The fourth-order valence-electron chi connectivity index (χ4n) is 4.78. The van der Waals surface area contributed by atoms with Gasteiger partial charge in [0.25, 0.3) is 0 Å². The van der Waals surface area contributed by atoms with Gasteiger partial charge in [-0.3, -0.25) is 0 Å². The number of hydrogen-bond donors (Lipinski definition) is 0. The van der Waals surface area contributed by atoms with E-state index >= 15 is 0 Å². The lowest BCUT2D eigenvalue weighted by molar-refractivity contribution is 0.354. The molecule has 0 atom stereocenters. The molecule has 3 aromatic rings. The number of aromatic nitrogens is 2. The highest BCUT2D eigenvalue weighted by Gasteiger charge is 2.25. The van der Waals surface area contributed by atoms with E-state index in [1.54, 1.807) is 14.2 Å². The lowest BCUT2D eigenvalue weighted by Gasteiger charge is -2.23. The van der Waals surface area contributed by atoms with Gasteiger partial charge in [-0.2, -0.15) is 0 Å². The molecule has 0 bridgehead atoms. The number of ether oxygens (including phenoxy) is 2. The second kappa shape index (κ2) is 8.42. The maximum Gasteiger partial charge on any atom is 0.161 e. The third kappa shape index (κ3) is 3.62. The van der Waals surface area contributed by atoms with Gasteiger partial charge in [-0.1, -0.05) is 18.9 Å². The van der Waals surface area contributed by atoms with Crippen molar-refractivity contribution >= 4 is 27.4 Å². The fraction of sp³-hybridized carbons (Fsp3) is 0.500. The second-order valence-electron chi connectivity index (χ2n) is 8.27. The van der Waals surface area contributed by atoms with E-state index in [1.165, 1.54) is 71.4 Å². The first-order valence-corrected chi connectivity index (χ1v) is 11.9. The number of benzene rings is 1. The zero-order chi connectivity index (χ0) is 20.5. The Labute approximate surface area is 182 Å². The Morgan fingerprint density at radius 3 is 2.50 bits per heavy atom. The van der Waals surface area contributed by atoms with Crippen LogP contribution in [0.4, 0.5) is 5.82 Å². The van der Waals surface area contributed by atoms with Crippen molar-refractivity contribution < 1.29 is 9.47 Å². The average Bonchev–Trinajstić information content (AvgIpc) is 3.23. The summed E-state index contributed by atoms with van der Waals surface area (Å²) >= 11 is 1.89. The summed E-state index contributed by atoms with van der Waals surface area (Å²) in [5, 5.41) is 1.34. The average molecular weight is 424 g/mol. The summed E-state index contributed by atoms with van der Waals surface area (Å²) in [6.07, 6.45) is 9.49. The standard InChI is InChI=1S/C24H29N3O2S/c1-28-18-11-10-16(14-19(18)29-2)15-21-25-23(27-12-5-3-4-6-13-27)22-17-8-7-9-20(17)30-24(22)26-21/h10-11,14H,3-9,12-13,15H2,1-2H3. The normalized spacial score (nSPS) is 16.5. The van der Waals surface area contributed by atoms with Crippen LogP contribution in [-0.2, 0) is 19.3 Å². The maximum absolute atomic E-state index is 5.49. The summed E-state index contributed by atoms with van der Waals surface area (Å²) in [5.74, 6) is 3.57. The predicted molar refractivity (Wildman–Crippen MR) is 122 cm³/mol. The van der Waals surface area contributed by atoms with Crippen molar-refractivity contribution in [2.75, 3.05) is 32.2 Å². The molecule has 1 aromatic carbocycles. The number of rotatable bonds is 5. The van der Waals surface area contributed by atoms with E-state index in [1.807, 2.05) is 23.5 Å². The molecule has 2 aromatic heterocycles. The summed E-state index contributed by atoms with van der Waals surface area (Å²) in [5.41, 5.74) is 2.66. The van der Waals surface area contributed by atoms with Gasteiger partial charge in [0.2, 0.25) is 0 Å². The molecule has 0 saturated carbocycles. The van der Waals surface area contributed by atoms with Crippen molar-refractivity contribution in [1.29, 1.82) is 0 Å². The first-order chi connectivity index (χ1) is 14.8. The molecule has 30 heavy (non-hydrogen) atoms. The van der Waals surface area contributed by atoms with Gasteiger partial charge in [0.1, 0.15) is 16.5 Å². The van der Waals surface area contributed by atoms with Crippen LogP contribution in [0.2, 0.25) is 0 Å². The third-order valence-electron chi connectivity index (χ3n) is 6.31. The molecule has 0 radical (unpaired) electrons. The van der Waals surface area contributed by atoms with E-state index in [9.17, 15) is 0 Å². The van der Waals surface area contributed by atoms with Crippen LogP contribution >= 0.6 is 11.3 Å². The summed E-state index contributed by atoms with van der Waals surface area (Å²) in [4.78, 5) is 15.4. The van der Waals surface area contributed by atoms with Crippen LogP contribution in [-0.4, -0.2) is 37.3 Å². The Kier molecular flexibility index (Phi) is 5.50. The molecule has 1 aliphatic carbocycles. The van der Waals surface area contributed by atoms with E-state index < -0.39 is 0 Å². The predicted octanol–water partition coefficient (Wildman–Crippen LogP) is 5.17. The van der Waals surface area contributed by atoms with Gasteiger partial charge in [-0.15, -0.1) is 11.3 Å². The van der Waals surface area contributed by atoms with Crippen molar-refractivity contribution in [3.05, 3.63) is 40.0 Å². The molecule has 0 amide bonds. The quantitative estimate of drug-likeness (QED) is 0.567. The van der Waals surface area contributed by atoms with Gasteiger partial charge in [-0.25, -0.2) is 9.97 Å². The smallest absolute Gasteiger partial charge is 0.161 e. The second-order valence-corrected chi connectivity index (χ2v) is 9.35. The highest BCUT2D eigenvalue weighted by atomic mass is 32.1. The molecular weight excluding hydrogens is 394 g/mol. The first-order valence-electron chi connectivity index (χ1n) is 11.0. The summed E-state index contributed by atoms with van der Waals surface area (Å²) in [6, 6.07) is 6.07. The SMILES string of the molecule is COc1ccc(Cc2nc(N3CCCCCC3)c3c4c(sc3n2)CCC4)cc1OC. The molecule has 1 saturated heterocycles. The monoisotopic (exact) mass is 423 g/mol. The molecule has 1 aliphatic heterocycles. The lowest BCUT2D eigenvalue weighted by Crippen LogP contribution is -2.26. The van der Waals surface area contributed by atoms with E-state index in [0.29, 0.717) is 6.42 Å². The number of fused-ring (bicyclic) bond motifs is 3. The maximum atomic E-state index is 5.49. The van der Waals surface area contributed by atoms with Crippen LogP contribution in [0.15, 0.2) is 18.2 Å². The molecule has 3 heterocycles. The number of nitrogens with zero attached hydrogens (tertiary/aromatic N) is 3. The molecule has 0 spiro atoms. The van der Waals surface area contributed by atoms with Gasteiger partial charge < -0.3 is 14.4 Å². The Morgan fingerprint density at radius 1 is 0.933 bits per heavy atom. The topological polar surface area (TPSA) is 47.5 Å². The minimum absolute atomic E-state index is 0.694. The van der Waals surface area contributed by atoms with Crippen LogP contribution < -0.4 is 14.4 Å². The molecule has 0 N–H and O–H groups in total. The van der Waals surface area contributed by atoms with Crippen molar-refractivity contribution in [2.45, 2.75) is 51.4 Å². The number of anilines is 1. The molecule has 5 nitrogen and oxygen atoms in total. The molecule has 0 unspecified atom stereocenters. The minimum atomic E-state index is 0.694. The Morgan fingerprint density at radius 2 is 1.73 bits per heavy atom. The Balaban J connectivity index is 1.56. The molecule has 6 heteroatoms. The third-order valence-corrected chi connectivity index (χ3v) is 7.49. The number of aryl methyl sites for hydroxylation is 2. The van der Waals surface area contributed by atoms with Gasteiger partial charge in [-0.05, 0) is 55.4 Å². The fourth-order valence-corrected chi connectivity index (χ4v) is 6.06. The molecule has 1 fully saturated rings. The molecular formula is C24H29N3O2S. The van der Waals surface area contributed by atoms with Crippen LogP contribution in [0.3, 0.4) is 0 Å². The van der Waals surface area contributed by atoms with Crippen LogP contribution in [0.25, 0.3) is 10.2 Å². The molecule has 158 valence electrons. The van der Waals surface area contributed by atoms with E-state index in [-0.39, 0.29) is 0 Å². The van der Waals surface area contributed by atoms with Gasteiger partial charge >= 0.3 is 0 Å². The van der Waals surface area contributed by atoms with Crippen molar-refractivity contribution in [3.8, 4) is 11.5 Å². The van der Waals surface area contributed by atoms with Gasteiger partial charge in [0, 0.05) is 24.4 Å². The molecule has 2 aliphatic rings. The number of hydrogen-bond acceptors (Lipinski definition) is 6. The van der Waals surface area contributed by atoms with E-state index in [0.717, 1.165) is 36.0 Å². The highest BCUT2D eigenvalue weighted by molar-refractivity contribution is 7.19. The van der Waals surface area contributed by atoms with Crippen LogP contribution in [0, 0.1) is 0 Å². The van der Waals surface area contributed by atoms with Crippen molar-refractivity contribution in [2.24, 2.45) is 0 Å². The summed E-state index contributed by atoms with van der Waals surface area (Å²) < 4.78 is 10.9. The molecule has 5 rings (SSSR count). The van der Waals surface area contributed by atoms with Gasteiger partial charge in [0.05, 0.1) is 19.6 Å². The Hall–Kier alpha value is -2.34. The summed E-state index contributed by atoms with van der Waals surface area (Å²) in [6.45, 7) is 2.21. The summed E-state index contributed by atoms with van der Waals surface area (Å²) in [7, 11) is 3.34. The van der Waals surface area contributed by atoms with Gasteiger partial charge in [0.15, 0.2) is 11.5 Å². The number of thiophene rings is 1. The van der Waals surface area contributed by atoms with Crippen LogP contribution in [0.5, 0.6) is 11.5 Å². The minimum Gasteiger partial charge on any atom is -0.493 e. The Bertz CT molecular complexity index is 1050. The van der Waals surface area contributed by atoms with Crippen molar-refractivity contribution in [3.63, 3.8) is 0 Å². The zero-order valence-electron chi connectivity index (χ0n) is 17.9. The van der Waals surface area contributed by atoms with E-state index in [2.05, 4.69) is 11.0 Å². The zero-order valence-corrected chi connectivity index (χ0v) is 18.7. The first kappa shape index (κ1) is 19.6. The van der Waals surface area contributed by atoms with Crippen molar-refractivity contribution in [1.82, 2.24) is 9.97 Å². The number of methoxy groups -OCH3 is 2. The lowest BCUT2D eigenvalue weighted by atomic mass is 10.1.